The predicted molar refractivity (Wildman–Crippen MR) is 114 cm³/mol. The van der Waals surface area contributed by atoms with Crippen molar-refractivity contribution < 1.29 is 9.53 Å². The molecule has 0 fully saturated rings. The number of carbonyl (C=O) groups is 1. The van der Waals surface area contributed by atoms with Crippen molar-refractivity contribution in [3.63, 3.8) is 0 Å². The lowest BCUT2D eigenvalue weighted by Crippen LogP contribution is -2.36. The van der Waals surface area contributed by atoms with Gasteiger partial charge in [0.1, 0.15) is 11.4 Å². The molecule has 3 aromatic rings. The number of fused-ring (bicyclic) bond motifs is 1. The molecule has 1 amide bonds. The van der Waals surface area contributed by atoms with Gasteiger partial charge in [0.2, 0.25) is 0 Å². The maximum atomic E-state index is 13.0. The molecule has 0 saturated heterocycles. The van der Waals surface area contributed by atoms with Crippen LogP contribution in [0.5, 0.6) is 5.75 Å². The van der Waals surface area contributed by atoms with Crippen molar-refractivity contribution in [2.75, 3.05) is 25.5 Å². The lowest BCUT2D eigenvalue weighted by atomic mass is 10.00. The van der Waals surface area contributed by atoms with Gasteiger partial charge >= 0.3 is 0 Å². The molecule has 0 atom stereocenters. The van der Waals surface area contributed by atoms with Crippen LogP contribution in [0.25, 0.3) is 0 Å². The van der Waals surface area contributed by atoms with Crippen LogP contribution >= 0.6 is 0 Å². The van der Waals surface area contributed by atoms with Crippen LogP contribution in [0.3, 0.4) is 0 Å². The summed E-state index contributed by atoms with van der Waals surface area (Å²) in [6.45, 7) is 2.11. The molecule has 1 aliphatic rings. The molecule has 0 bridgehead atoms. The number of nitrogens with zero attached hydrogens (tertiary/aromatic N) is 2. The van der Waals surface area contributed by atoms with E-state index in [1.165, 1.54) is 11.1 Å². The largest absolute Gasteiger partial charge is 0.496 e. The molecular weight excluding hydrogens is 362 g/mol. The van der Waals surface area contributed by atoms with E-state index in [9.17, 15) is 4.79 Å². The Morgan fingerprint density at radius 2 is 1.90 bits per heavy atom. The Kier molecular flexibility index (Phi) is 5.75. The van der Waals surface area contributed by atoms with E-state index in [2.05, 4.69) is 34.6 Å². The third-order valence-corrected chi connectivity index (χ3v) is 5.31. The van der Waals surface area contributed by atoms with Crippen LogP contribution < -0.4 is 10.1 Å². The SMILES string of the molecule is COc1ccccc1CCNc1ccnc(C(=O)N2CCc3ccccc3C2)c1. The zero-order chi connectivity index (χ0) is 20.1. The van der Waals surface area contributed by atoms with Crippen LogP contribution in [0.4, 0.5) is 5.69 Å². The number of ether oxygens (including phenoxy) is 1. The summed E-state index contributed by atoms with van der Waals surface area (Å²) in [5, 5.41) is 3.39. The quantitative estimate of drug-likeness (QED) is 0.696. The summed E-state index contributed by atoms with van der Waals surface area (Å²) < 4.78 is 5.40. The lowest BCUT2D eigenvalue weighted by molar-refractivity contribution is 0.0729. The van der Waals surface area contributed by atoms with Crippen molar-refractivity contribution >= 4 is 11.6 Å². The third-order valence-electron chi connectivity index (χ3n) is 5.31. The van der Waals surface area contributed by atoms with Gasteiger partial charge in [-0.05, 0) is 47.7 Å². The molecule has 0 saturated carbocycles. The van der Waals surface area contributed by atoms with Crippen LogP contribution in [0.15, 0.2) is 66.9 Å². The van der Waals surface area contributed by atoms with Crippen molar-refractivity contribution in [1.29, 1.82) is 0 Å². The normalized spacial score (nSPS) is 12.9. The highest BCUT2D eigenvalue weighted by Crippen LogP contribution is 2.21. The van der Waals surface area contributed by atoms with Crippen LogP contribution in [0, 0.1) is 0 Å². The fraction of sp³-hybridized carbons (Fsp3) is 0.250. The van der Waals surface area contributed by atoms with Gasteiger partial charge in [-0.2, -0.15) is 0 Å². The molecule has 148 valence electrons. The number of hydrogen-bond acceptors (Lipinski definition) is 4. The molecule has 2 heterocycles. The molecule has 0 radical (unpaired) electrons. The number of para-hydroxylation sites is 1. The third kappa shape index (κ3) is 4.40. The van der Waals surface area contributed by atoms with Crippen LogP contribution in [0.1, 0.15) is 27.2 Å². The summed E-state index contributed by atoms with van der Waals surface area (Å²) in [6.07, 6.45) is 3.41. The fourth-order valence-corrected chi connectivity index (χ4v) is 3.74. The summed E-state index contributed by atoms with van der Waals surface area (Å²) in [4.78, 5) is 19.2. The van der Waals surface area contributed by atoms with Gasteiger partial charge < -0.3 is 15.0 Å². The number of hydrogen-bond donors (Lipinski definition) is 1. The second-order valence-electron chi connectivity index (χ2n) is 7.16. The smallest absolute Gasteiger partial charge is 0.272 e. The van der Waals surface area contributed by atoms with E-state index in [0.29, 0.717) is 12.2 Å². The Morgan fingerprint density at radius 1 is 1.10 bits per heavy atom. The number of nitrogens with one attached hydrogen (secondary N) is 1. The van der Waals surface area contributed by atoms with Crippen LogP contribution in [0.2, 0.25) is 0 Å². The van der Waals surface area contributed by atoms with Crippen LogP contribution in [-0.4, -0.2) is 36.0 Å². The molecule has 0 spiro atoms. The van der Waals surface area contributed by atoms with Gasteiger partial charge in [-0.25, -0.2) is 0 Å². The van der Waals surface area contributed by atoms with Gasteiger partial charge in [0, 0.05) is 31.5 Å². The van der Waals surface area contributed by atoms with Crippen molar-refractivity contribution in [2.24, 2.45) is 0 Å². The molecule has 2 aromatic carbocycles. The first-order valence-electron chi connectivity index (χ1n) is 9.92. The number of rotatable bonds is 6. The number of methoxy groups -OCH3 is 1. The Bertz CT molecular complexity index is 1000. The highest BCUT2D eigenvalue weighted by molar-refractivity contribution is 5.93. The average Bonchev–Trinajstić information content (AvgIpc) is 2.79. The Morgan fingerprint density at radius 3 is 2.76 bits per heavy atom. The highest BCUT2D eigenvalue weighted by Gasteiger charge is 2.22. The number of anilines is 1. The molecule has 29 heavy (non-hydrogen) atoms. The average molecular weight is 387 g/mol. The zero-order valence-electron chi connectivity index (χ0n) is 16.6. The molecule has 4 rings (SSSR count). The van der Waals surface area contributed by atoms with E-state index < -0.39 is 0 Å². The molecule has 5 heteroatoms. The van der Waals surface area contributed by atoms with Gasteiger partial charge in [0.05, 0.1) is 7.11 Å². The first-order chi connectivity index (χ1) is 14.2. The number of aromatic nitrogens is 1. The van der Waals surface area contributed by atoms with Crippen molar-refractivity contribution in [2.45, 2.75) is 19.4 Å². The van der Waals surface area contributed by atoms with E-state index in [-0.39, 0.29) is 5.91 Å². The number of carbonyl (C=O) groups excluding carboxylic acids is 1. The molecule has 1 aliphatic heterocycles. The number of benzene rings is 2. The second kappa shape index (κ2) is 8.78. The molecular formula is C24H25N3O2. The minimum Gasteiger partial charge on any atom is -0.496 e. The second-order valence-corrected chi connectivity index (χ2v) is 7.16. The van der Waals surface area contributed by atoms with Gasteiger partial charge in [0.25, 0.3) is 5.91 Å². The standard InChI is InChI=1S/C24H25N3O2/c1-29-23-9-5-4-7-19(23)10-13-25-21-11-14-26-22(16-21)24(28)27-15-12-18-6-2-3-8-20(18)17-27/h2-9,11,14,16H,10,12-13,15,17H2,1H3,(H,25,26). The van der Waals surface area contributed by atoms with Gasteiger partial charge in [-0.3, -0.25) is 9.78 Å². The molecule has 0 aliphatic carbocycles. The van der Waals surface area contributed by atoms with Crippen molar-refractivity contribution in [1.82, 2.24) is 9.88 Å². The Hall–Kier alpha value is -3.34. The van der Waals surface area contributed by atoms with Crippen molar-refractivity contribution in [3.8, 4) is 5.75 Å². The minimum absolute atomic E-state index is 0.0205. The molecule has 1 aromatic heterocycles. The number of pyridine rings is 1. The summed E-state index contributed by atoms with van der Waals surface area (Å²) in [6, 6.07) is 20.1. The molecule has 5 nitrogen and oxygen atoms in total. The maximum Gasteiger partial charge on any atom is 0.272 e. The van der Waals surface area contributed by atoms with Crippen molar-refractivity contribution in [3.05, 3.63) is 89.2 Å². The highest BCUT2D eigenvalue weighted by atomic mass is 16.5. The topological polar surface area (TPSA) is 54.5 Å². The van der Waals surface area contributed by atoms with E-state index in [0.717, 1.165) is 42.9 Å². The molecule has 0 unspecified atom stereocenters. The summed E-state index contributed by atoms with van der Waals surface area (Å²) in [5.41, 5.74) is 5.08. The van der Waals surface area contributed by atoms with E-state index >= 15 is 0 Å². The van der Waals surface area contributed by atoms with Gasteiger partial charge in [-0.1, -0.05) is 42.5 Å². The summed E-state index contributed by atoms with van der Waals surface area (Å²) in [5.74, 6) is 0.873. The van der Waals surface area contributed by atoms with Crippen LogP contribution in [-0.2, 0) is 19.4 Å². The first-order valence-corrected chi connectivity index (χ1v) is 9.92. The predicted octanol–water partition coefficient (Wildman–Crippen LogP) is 3.94. The summed E-state index contributed by atoms with van der Waals surface area (Å²) >= 11 is 0. The fourth-order valence-electron chi connectivity index (χ4n) is 3.74. The maximum absolute atomic E-state index is 13.0. The number of amides is 1. The zero-order valence-corrected chi connectivity index (χ0v) is 16.6. The van der Waals surface area contributed by atoms with E-state index in [1.807, 2.05) is 41.3 Å². The molecule has 1 N–H and O–H groups in total. The van der Waals surface area contributed by atoms with E-state index in [4.69, 9.17) is 4.74 Å². The van der Waals surface area contributed by atoms with E-state index in [1.54, 1.807) is 13.3 Å². The first kappa shape index (κ1) is 19.0. The minimum atomic E-state index is -0.0205. The monoisotopic (exact) mass is 387 g/mol. The van der Waals surface area contributed by atoms with Gasteiger partial charge in [-0.15, -0.1) is 0 Å². The van der Waals surface area contributed by atoms with Gasteiger partial charge in [0.15, 0.2) is 0 Å². The Labute approximate surface area is 171 Å². The lowest BCUT2D eigenvalue weighted by Gasteiger charge is -2.28. The summed E-state index contributed by atoms with van der Waals surface area (Å²) in [7, 11) is 1.69. The Balaban J connectivity index is 1.39.